The van der Waals surface area contributed by atoms with Crippen molar-refractivity contribution in [2.75, 3.05) is 0 Å². The minimum absolute atomic E-state index is 0.159. The van der Waals surface area contributed by atoms with Crippen molar-refractivity contribution in [2.45, 2.75) is 19.8 Å². The lowest BCUT2D eigenvalue weighted by molar-refractivity contribution is -0.110. The highest BCUT2D eigenvalue weighted by molar-refractivity contribution is 9.10. The fraction of sp³-hybridized carbons (Fsp3) is 0.364. The Kier molecular flexibility index (Phi) is 4.16. The fourth-order valence-electron chi connectivity index (χ4n) is 1.15. The average molecular weight is 241 g/mol. The molecule has 1 unspecified atom stereocenters. The van der Waals surface area contributed by atoms with Crippen LogP contribution in [-0.4, -0.2) is 6.29 Å². The van der Waals surface area contributed by atoms with Crippen molar-refractivity contribution in [1.29, 1.82) is 0 Å². The van der Waals surface area contributed by atoms with Crippen molar-refractivity contribution in [3.05, 3.63) is 34.3 Å². The molecule has 0 spiro atoms. The molecule has 0 radical (unpaired) electrons. The summed E-state index contributed by atoms with van der Waals surface area (Å²) < 4.78 is 1.13. The van der Waals surface area contributed by atoms with E-state index in [0.29, 0.717) is 0 Å². The molecule has 1 nitrogen and oxygen atoms in total. The fourth-order valence-corrected chi connectivity index (χ4v) is 1.64. The highest BCUT2D eigenvalue weighted by atomic mass is 79.9. The minimum atomic E-state index is 0.159. The van der Waals surface area contributed by atoms with Gasteiger partial charge in [0.15, 0.2) is 0 Å². The smallest absolute Gasteiger partial charge is 0.122 e. The largest absolute Gasteiger partial charge is 0.303 e. The van der Waals surface area contributed by atoms with Gasteiger partial charge in [0.05, 0.1) is 0 Å². The summed E-state index contributed by atoms with van der Waals surface area (Å²) in [5.41, 5.74) is 1.27. The van der Waals surface area contributed by atoms with Gasteiger partial charge in [-0.1, -0.05) is 41.1 Å². The Balaban J connectivity index is 2.54. The third kappa shape index (κ3) is 3.31. The standard InChI is InChI=1S/C11H13BrO/c1-9(8-13)6-7-10-4-2-3-5-11(10)12/h2-5,8-9H,6-7H2,1H3. The first kappa shape index (κ1) is 10.5. The number of carbonyl (C=O) groups excluding carboxylic acids is 1. The summed E-state index contributed by atoms with van der Waals surface area (Å²) in [5.74, 6) is 0.159. The maximum Gasteiger partial charge on any atom is 0.122 e. The molecule has 0 bridgehead atoms. The van der Waals surface area contributed by atoms with Crippen LogP contribution in [0.25, 0.3) is 0 Å². The van der Waals surface area contributed by atoms with Crippen LogP contribution in [0.3, 0.4) is 0 Å². The van der Waals surface area contributed by atoms with E-state index in [1.54, 1.807) is 0 Å². The Morgan fingerprint density at radius 3 is 2.77 bits per heavy atom. The van der Waals surface area contributed by atoms with E-state index in [0.717, 1.165) is 23.6 Å². The van der Waals surface area contributed by atoms with E-state index in [9.17, 15) is 4.79 Å². The van der Waals surface area contributed by atoms with Crippen LogP contribution in [0.5, 0.6) is 0 Å². The lowest BCUT2D eigenvalue weighted by Crippen LogP contribution is -1.98. The van der Waals surface area contributed by atoms with Gasteiger partial charge in [0, 0.05) is 10.4 Å². The number of rotatable bonds is 4. The zero-order valence-electron chi connectivity index (χ0n) is 7.66. The van der Waals surface area contributed by atoms with E-state index in [1.807, 2.05) is 25.1 Å². The Hall–Kier alpha value is -0.630. The van der Waals surface area contributed by atoms with Gasteiger partial charge < -0.3 is 4.79 Å². The van der Waals surface area contributed by atoms with Crippen LogP contribution in [0, 0.1) is 5.92 Å². The first-order valence-corrected chi connectivity index (χ1v) is 5.22. The van der Waals surface area contributed by atoms with E-state index in [4.69, 9.17) is 0 Å². The molecule has 0 aliphatic carbocycles. The summed E-state index contributed by atoms with van der Waals surface area (Å²) in [5, 5.41) is 0. The third-order valence-electron chi connectivity index (χ3n) is 2.06. The summed E-state index contributed by atoms with van der Waals surface area (Å²) in [4.78, 5) is 10.4. The molecular formula is C11H13BrO. The molecule has 2 heteroatoms. The second kappa shape index (κ2) is 5.18. The lowest BCUT2D eigenvalue weighted by atomic mass is 10.0. The highest BCUT2D eigenvalue weighted by Crippen LogP contribution is 2.18. The zero-order chi connectivity index (χ0) is 9.68. The Morgan fingerprint density at radius 1 is 1.46 bits per heavy atom. The van der Waals surface area contributed by atoms with Gasteiger partial charge in [-0.05, 0) is 24.5 Å². The molecular weight excluding hydrogens is 228 g/mol. The van der Waals surface area contributed by atoms with Gasteiger partial charge in [-0.25, -0.2) is 0 Å². The van der Waals surface area contributed by atoms with Crippen LogP contribution in [0.15, 0.2) is 28.7 Å². The normalized spacial score (nSPS) is 12.5. The molecule has 0 amide bonds. The third-order valence-corrected chi connectivity index (χ3v) is 2.83. The Labute approximate surface area is 87.3 Å². The van der Waals surface area contributed by atoms with E-state index < -0.39 is 0 Å². The summed E-state index contributed by atoms with van der Waals surface area (Å²) in [7, 11) is 0. The highest BCUT2D eigenvalue weighted by Gasteiger charge is 2.02. The van der Waals surface area contributed by atoms with Gasteiger partial charge >= 0.3 is 0 Å². The topological polar surface area (TPSA) is 17.1 Å². The second-order valence-electron chi connectivity index (χ2n) is 3.24. The molecule has 1 atom stereocenters. The Morgan fingerprint density at radius 2 is 2.15 bits per heavy atom. The van der Waals surface area contributed by atoms with Crippen molar-refractivity contribution in [1.82, 2.24) is 0 Å². The van der Waals surface area contributed by atoms with Crippen LogP contribution in [0.1, 0.15) is 18.9 Å². The van der Waals surface area contributed by atoms with Crippen molar-refractivity contribution >= 4 is 22.2 Å². The van der Waals surface area contributed by atoms with Gasteiger partial charge in [0.2, 0.25) is 0 Å². The van der Waals surface area contributed by atoms with Crippen LogP contribution in [0.4, 0.5) is 0 Å². The summed E-state index contributed by atoms with van der Waals surface area (Å²) in [6.07, 6.45) is 2.89. The zero-order valence-corrected chi connectivity index (χ0v) is 9.25. The van der Waals surface area contributed by atoms with Gasteiger partial charge in [0.1, 0.15) is 6.29 Å². The van der Waals surface area contributed by atoms with Crippen molar-refractivity contribution in [3.8, 4) is 0 Å². The van der Waals surface area contributed by atoms with Gasteiger partial charge in [-0.3, -0.25) is 0 Å². The maximum absolute atomic E-state index is 10.4. The summed E-state index contributed by atoms with van der Waals surface area (Å²) >= 11 is 3.48. The predicted molar refractivity (Wildman–Crippen MR) is 57.7 cm³/mol. The molecule has 1 rings (SSSR count). The molecule has 0 saturated heterocycles. The van der Waals surface area contributed by atoms with Gasteiger partial charge in [-0.15, -0.1) is 0 Å². The number of benzene rings is 1. The van der Waals surface area contributed by atoms with Crippen LogP contribution >= 0.6 is 15.9 Å². The van der Waals surface area contributed by atoms with Gasteiger partial charge in [-0.2, -0.15) is 0 Å². The second-order valence-corrected chi connectivity index (χ2v) is 4.10. The predicted octanol–water partition coefficient (Wildman–Crippen LogP) is 3.22. The first-order valence-electron chi connectivity index (χ1n) is 4.42. The molecule has 0 heterocycles. The van der Waals surface area contributed by atoms with Crippen molar-refractivity contribution < 1.29 is 4.79 Å². The molecule has 0 aliphatic heterocycles. The number of halogens is 1. The molecule has 0 aromatic heterocycles. The molecule has 0 fully saturated rings. The van der Waals surface area contributed by atoms with E-state index in [-0.39, 0.29) is 5.92 Å². The summed E-state index contributed by atoms with van der Waals surface area (Å²) in [6.45, 7) is 1.95. The van der Waals surface area contributed by atoms with Crippen molar-refractivity contribution in [2.24, 2.45) is 5.92 Å². The number of hydrogen-bond donors (Lipinski definition) is 0. The maximum atomic E-state index is 10.4. The average Bonchev–Trinajstić information content (AvgIpc) is 2.16. The molecule has 0 saturated carbocycles. The quantitative estimate of drug-likeness (QED) is 0.739. The first-order chi connectivity index (χ1) is 6.24. The molecule has 1 aromatic carbocycles. The van der Waals surface area contributed by atoms with E-state index in [1.165, 1.54) is 5.56 Å². The van der Waals surface area contributed by atoms with Crippen LogP contribution in [-0.2, 0) is 11.2 Å². The number of aryl methyl sites for hydroxylation is 1. The van der Waals surface area contributed by atoms with E-state index in [2.05, 4.69) is 22.0 Å². The number of hydrogen-bond acceptors (Lipinski definition) is 1. The molecule has 1 aromatic rings. The van der Waals surface area contributed by atoms with Crippen molar-refractivity contribution in [3.63, 3.8) is 0 Å². The molecule has 0 aliphatic rings. The number of carbonyl (C=O) groups is 1. The molecule has 70 valence electrons. The number of aldehydes is 1. The lowest BCUT2D eigenvalue weighted by Gasteiger charge is -2.05. The van der Waals surface area contributed by atoms with E-state index >= 15 is 0 Å². The molecule has 0 N–H and O–H groups in total. The monoisotopic (exact) mass is 240 g/mol. The minimum Gasteiger partial charge on any atom is -0.303 e. The van der Waals surface area contributed by atoms with Gasteiger partial charge in [0.25, 0.3) is 0 Å². The molecule has 13 heavy (non-hydrogen) atoms. The van der Waals surface area contributed by atoms with Crippen LogP contribution < -0.4 is 0 Å². The van der Waals surface area contributed by atoms with Crippen LogP contribution in [0.2, 0.25) is 0 Å². The summed E-state index contributed by atoms with van der Waals surface area (Å²) in [6, 6.07) is 8.13. The Bertz CT molecular complexity index is 283. The SMILES string of the molecule is CC(C=O)CCc1ccccc1Br.